The summed E-state index contributed by atoms with van der Waals surface area (Å²) in [4.78, 5) is 19.1. The number of aromatic nitrogens is 1. The first-order chi connectivity index (χ1) is 11.7. The van der Waals surface area contributed by atoms with Crippen molar-refractivity contribution in [3.05, 3.63) is 48.2 Å². The third-order valence-electron chi connectivity index (χ3n) is 4.77. The highest BCUT2D eigenvalue weighted by Crippen LogP contribution is 2.36. The molecule has 0 saturated carbocycles. The van der Waals surface area contributed by atoms with E-state index in [-0.39, 0.29) is 5.91 Å². The number of benzene rings is 1. The Labute approximate surface area is 140 Å². The standard InChI is InChI=1S/C18H17N5O/c19-12-13-4-3-7-16(20-13)23-10-8-18(9-11-23)17(24)21-14-5-1-2-6-15(14)22-18/h1-7,22H,8-11H2,(H,21,24). The summed E-state index contributed by atoms with van der Waals surface area (Å²) in [7, 11) is 0. The Balaban J connectivity index is 1.53. The van der Waals surface area contributed by atoms with Gasteiger partial charge in [-0.05, 0) is 37.1 Å². The van der Waals surface area contributed by atoms with E-state index in [1.165, 1.54) is 0 Å². The van der Waals surface area contributed by atoms with Crippen molar-refractivity contribution in [3.8, 4) is 6.07 Å². The number of pyridine rings is 1. The van der Waals surface area contributed by atoms with Gasteiger partial charge >= 0.3 is 0 Å². The summed E-state index contributed by atoms with van der Waals surface area (Å²) < 4.78 is 0. The number of nitriles is 1. The Kier molecular flexibility index (Phi) is 3.35. The number of carbonyl (C=O) groups excluding carboxylic acids is 1. The lowest BCUT2D eigenvalue weighted by molar-refractivity contribution is -0.121. The molecule has 0 radical (unpaired) electrons. The molecule has 2 aliphatic heterocycles. The normalized spacial score (nSPS) is 18.3. The van der Waals surface area contributed by atoms with Crippen molar-refractivity contribution in [2.75, 3.05) is 28.6 Å². The van der Waals surface area contributed by atoms with Gasteiger partial charge in [-0.1, -0.05) is 18.2 Å². The van der Waals surface area contributed by atoms with Crippen LogP contribution in [0.2, 0.25) is 0 Å². The van der Waals surface area contributed by atoms with Crippen LogP contribution in [0.3, 0.4) is 0 Å². The third kappa shape index (κ3) is 2.35. The quantitative estimate of drug-likeness (QED) is 0.843. The molecule has 4 rings (SSSR count). The number of hydrogen-bond acceptors (Lipinski definition) is 5. The minimum Gasteiger partial charge on any atom is -0.369 e. The number of carbonyl (C=O) groups is 1. The first-order valence-electron chi connectivity index (χ1n) is 8.01. The van der Waals surface area contributed by atoms with Crippen molar-refractivity contribution in [2.24, 2.45) is 0 Å². The SMILES string of the molecule is N#Cc1cccc(N2CCC3(CC2)Nc2ccccc2NC3=O)n1. The summed E-state index contributed by atoms with van der Waals surface area (Å²) in [5.74, 6) is 0.820. The number of hydrogen-bond donors (Lipinski definition) is 2. The van der Waals surface area contributed by atoms with Crippen LogP contribution in [0.5, 0.6) is 0 Å². The first kappa shape index (κ1) is 14.5. The van der Waals surface area contributed by atoms with Crippen molar-refractivity contribution < 1.29 is 4.79 Å². The molecule has 0 atom stereocenters. The molecule has 6 heteroatoms. The van der Waals surface area contributed by atoms with Crippen LogP contribution in [-0.4, -0.2) is 29.5 Å². The lowest BCUT2D eigenvalue weighted by Gasteiger charge is -2.44. The lowest BCUT2D eigenvalue weighted by atomic mass is 9.84. The summed E-state index contributed by atoms with van der Waals surface area (Å²) in [6.45, 7) is 1.43. The zero-order chi connectivity index (χ0) is 16.6. The molecule has 0 bridgehead atoms. The molecule has 1 spiro atoms. The molecule has 3 heterocycles. The number of para-hydroxylation sites is 2. The zero-order valence-corrected chi connectivity index (χ0v) is 13.1. The first-order valence-corrected chi connectivity index (χ1v) is 8.01. The Morgan fingerprint density at radius 3 is 2.58 bits per heavy atom. The molecule has 1 aromatic carbocycles. The van der Waals surface area contributed by atoms with Gasteiger partial charge in [0.2, 0.25) is 5.91 Å². The van der Waals surface area contributed by atoms with Crippen LogP contribution in [0.15, 0.2) is 42.5 Å². The lowest BCUT2D eigenvalue weighted by Crippen LogP contribution is -2.58. The fourth-order valence-corrected chi connectivity index (χ4v) is 3.39. The van der Waals surface area contributed by atoms with E-state index < -0.39 is 5.54 Å². The highest BCUT2D eigenvalue weighted by Gasteiger charge is 2.44. The highest BCUT2D eigenvalue weighted by atomic mass is 16.2. The average molecular weight is 319 g/mol. The van der Waals surface area contributed by atoms with Gasteiger partial charge in [-0.2, -0.15) is 5.26 Å². The van der Waals surface area contributed by atoms with E-state index >= 15 is 0 Å². The Morgan fingerprint density at radius 2 is 1.83 bits per heavy atom. The van der Waals surface area contributed by atoms with E-state index in [9.17, 15) is 4.79 Å². The van der Waals surface area contributed by atoms with Crippen molar-refractivity contribution in [2.45, 2.75) is 18.4 Å². The van der Waals surface area contributed by atoms with Gasteiger partial charge in [-0.3, -0.25) is 4.79 Å². The maximum absolute atomic E-state index is 12.6. The van der Waals surface area contributed by atoms with Gasteiger partial charge < -0.3 is 15.5 Å². The Hall–Kier alpha value is -3.07. The molecule has 1 aromatic heterocycles. The molecule has 1 saturated heterocycles. The van der Waals surface area contributed by atoms with Crippen molar-refractivity contribution in [3.63, 3.8) is 0 Å². The van der Waals surface area contributed by atoms with Crippen LogP contribution < -0.4 is 15.5 Å². The van der Waals surface area contributed by atoms with Crippen LogP contribution in [-0.2, 0) is 4.79 Å². The monoisotopic (exact) mass is 319 g/mol. The molecule has 24 heavy (non-hydrogen) atoms. The predicted octanol–water partition coefficient (Wildman–Crippen LogP) is 2.36. The minimum atomic E-state index is -0.572. The van der Waals surface area contributed by atoms with Gasteiger partial charge in [0.05, 0.1) is 11.4 Å². The van der Waals surface area contributed by atoms with Gasteiger partial charge in [0, 0.05) is 13.1 Å². The number of piperidine rings is 1. The van der Waals surface area contributed by atoms with E-state index in [4.69, 9.17) is 5.26 Å². The molecule has 6 nitrogen and oxygen atoms in total. The fourth-order valence-electron chi connectivity index (χ4n) is 3.39. The number of anilines is 3. The maximum atomic E-state index is 12.6. The van der Waals surface area contributed by atoms with E-state index in [0.29, 0.717) is 31.6 Å². The van der Waals surface area contributed by atoms with Crippen LogP contribution in [0.4, 0.5) is 17.2 Å². The molecular formula is C18H17N5O. The maximum Gasteiger partial charge on any atom is 0.250 e. The molecule has 1 amide bonds. The van der Waals surface area contributed by atoms with Gasteiger partial charge in [-0.15, -0.1) is 0 Å². The second-order valence-corrected chi connectivity index (χ2v) is 6.19. The molecular weight excluding hydrogens is 302 g/mol. The molecule has 120 valence electrons. The smallest absolute Gasteiger partial charge is 0.250 e. The molecule has 1 fully saturated rings. The van der Waals surface area contributed by atoms with Gasteiger partial charge in [0.15, 0.2) is 0 Å². The van der Waals surface area contributed by atoms with Crippen molar-refractivity contribution in [1.82, 2.24) is 4.98 Å². The van der Waals surface area contributed by atoms with Crippen LogP contribution >= 0.6 is 0 Å². The van der Waals surface area contributed by atoms with E-state index in [1.807, 2.05) is 36.4 Å². The number of fused-ring (bicyclic) bond motifs is 1. The fraction of sp³-hybridized carbons (Fsp3) is 0.278. The number of rotatable bonds is 1. The average Bonchev–Trinajstić information content (AvgIpc) is 2.63. The predicted molar refractivity (Wildman–Crippen MR) is 91.8 cm³/mol. The zero-order valence-electron chi connectivity index (χ0n) is 13.1. The largest absolute Gasteiger partial charge is 0.369 e. The molecule has 2 aromatic rings. The number of nitrogens with one attached hydrogen (secondary N) is 2. The van der Waals surface area contributed by atoms with Crippen molar-refractivity contribution >= 4 is 23.1 Å². The van der Waals surface area contributed by atoms with Gasteiger partial charge in [0.25, 0.3) is 0 Å². The molecule has 0 unspecified atom stereocenters. The van der Waals surface area contributed by atoms with E-state index in [1.54, 1.807) is 6.07 Å². The molecule has 2 aliphatic rings. The Bertz CT molecular complexity index is 833. The van der Waals surface area contributed by atoms with Crippen LogP contribution in [0, 0.1) is 11.3 Å². The summed E-state index contributed by atoms with van der Waals surface area (Å²) in [5, 5.41) is 15.5. The summed E-state index contributed by atoms with van der Waals surface area (Å²) in [5.41, 5.74) is 1.64. The molecule has 2 N–H and O–H groups in total. The second-order valence-electron chi connectivity index (χ2n) is 6.19. The van der Waals surface area contributed by atoms with Gasteiger partial charge in [0.1, 0.15) is 23.1 Å². The second kappa shape index (κ2) is 5.53. The highest BCUT2D eigenvalue weighted by molar-refractivity contribution is 6.06. The van der Waals surface area contributed by atoms with E-state index in [0.717, 1.165) is 17.2 Å². The van der Waals surface area contributed by atoms with Crippen LogP contribution in [0.25, 0.3) is 0 Å². The van der Waals surface area contributed by atoms with E-state index in [2.05, 4.69) is 26.6 Å². The molecule has 0 aliphatic carbocycles. The number of nitrogens with zero attached hydrogens (tertiary/aromatic N) is 3. The topological polar surface area (TPSA) is 81.0 Å². The summed E-state index contributed by atoms with van der Waals surface area (Å²) in [6, 6.07) is 15.3. The Morgan fingerprint density at radius 1 is 1.08 bits per heavy atom. The summed E-state index contributed by atoms with van der Waals surface area (Å²) >= 11 is 0. The van der Waals surface area contributed by atoms with Crippen molar-refractivity contribution in [1.29, 1.82) is 5.26 Å². The summed E-state index contributed by atoms with van der Waals surface area (Å²) in [6.07, 6.45) is 1.37. The minimum absolute atomic E-state index is 0.0274. The third-order valence-corrected chi connectivity index (χ3v) is 4.77. The van der Waals surface area contributed by atoms with Crippen LogP contribution in [0.1, 0.15) is 18.5 Å². The van der Waals surface area contributed by atoms with Gasteiger partial charge in [-0.25, -0.2) is 4.98 Å². The number of amides is 1.